The number of amides is 1. The third-order valence-corrected chi connectivity index (χ3v) is 2.04. The van der Waals surface area contributed by atoms with Gasteiger partial charge in [0, 0.05) is 32.1 Å². The second-order valence-corrected chi connectivity index (χ2v) is 3.05. The van der Waals surface area contributed by atoms with Gasteiger partial charge in [-0.3, -0.25) is 9.78 Å². The number of aromatic nitrogens is 2. The van der Waals surface area contributed by atoms with E-state index in [1.54, 1.807) is 4.90 Å². The Morgan fingerprint density at radius 1 is 1.53 bits per heavy atom. The molecule has 0 fully saturated rings. The maximum atomic E-state index is 11.8. The van der Waals surface area contributed by atoms with E-state index < -0.39 is 0 Å². The highest BCUT2D eigenvalue weighted by Crippen LogP contribution is 2.00. The lowest BCUT2D eigenvalue weighted by Gasteiger charge is -2.19. The topological polar surface area (TPSA) is 66.3 Å². The van der Waals surface area contributed by atoms with E-state index >= 15 is 0 Å². The Morgan fingerprint density at radius 3 is 2.87 bits per heavy atom. The third kappa shape index (κ3) is 3.28. The van der Waals surface area contributed by atoms with Crippen LogP contribution < -0.4 is 0 Å². The standard InChI is InChI=1S/C10H15N3O2/c1-2-13(6-3-7-14)10(15)9-8-11-4-5-12-9/h4-5,8,14H,2-3,6-7H2,1H3. The first-order chi connectivity index (χ1) is 7.29. The van der Waals surface area contributed by atoms with Crippen molar-refractivity contribution in [3.63, 3.8) is 0 Å². The fourth-order valence-corrected chi connectivity index (χ4v) is 1.24. The Kier molecular flexibility index (Phi) is 4.70. The van der Waals surface area contributed by atoms with Crippen molar-refractivity contribution in [2.45, 2.75) is 13.3 Å². The zero-order chi connectivity index (χ0) is 11.1. The van der Waals surface area contributed by atoms with Crippen molar-refractivity contribution in [3.05, 3.63) is 24.3 Å². The first kappa shape index (κ1) is 11.6. The van der Waals surface area contributed by atoms with Crippen LogP contribution in [0.2, 0.25) is 0 Å². The van der Waals surface area contributed by atoms with Crippen LogP contribution in [-0.2, 0) is 0 Å². The Morgan fingerprint density at radius 2 is 2.33 bits per heavy atom. The number of aliphatic hydroxyl groups is 1. The number of carbonyl (C=O) groups excluding carboxylic acids is 1. The maximum Gasteiger partial charge on any atom is 0.274 e. The summed E-state index contributed by atoms with van der Waals surface area (Å²) >= 11 is 0. The van der Waals surface area contributed by atoms with Gasteiger partial charge >= 0.3 is 0 Å². The number of nitrogens with zero attached hydrogens (tertiary/aromatic N) is 3. The minimum atomic E-state index is -0.140. The molecule has 1 amide bonds. The molecular formula is C10H15N3O2. The highest BCUT2D eigenvalue weighted by atomic mass is 16.3. The van der Waals surface area contributed by atoms with Crippen molar-refractivity contribution in [2.75, 3.05) is 19.7 Å². The monoisotopic (exact) mass is 209 g/mol. The molecule has 1 N–H and O–H groups in total. The molecule has 0 saturated carbocycles. The summed E-state index contributed by atoms with van der Waals surface area (Å²) in [5.74, 6) is -0.140. The van der Waals surface area contributed by atoms with E-state index in [4.69, 9.17) is 5.11 Å². The van der Waals surface area contributed by atoms with Crippen molar-refractivity contribution in [1.82, 2.24) is 14.9 Å². The second kappa shape index (κ2) is 6.08. The lowest BCUT2D eigenvalue weighted by Crippen LogP contribution is -2.32. The molecule has 1 aromatic rings. The molecule has 0 unspecified atom stereocenters. The Balaban J connectivity index is 2.65. The van der Waals surface area contributed by atoms with Crippen LogP contribution in [0.5, 0.6) is 0 Å². The van der Waals surface area contributed by atoms with E-state index in [1.165, 1.54) is 18.6 Å². The second-order valence-electron chi connectivity index (χ2n) is 3.05. The summed E-state index contributed by atoms with van der Waals surface area (Å²) in [5, 5.41) is 8.70. The molecule has 0 spiro atoms. The molecule has 5 nitrogen and oxygen atoms in total. The largest absolute Gasteiger partial charge is 0.396 e. The molecule has 1 aromatic heterocycles. The summed E-state index contributed by atoms with van der Waals surface area (Å²) in [6.07, 6.45) is 5.05. The van der Waals surface area contributed by atoms with Crippen molar-refractivity contribution >= 4 is 5.91 Å². The summed E-state index contributed by atoms with van der Waals surface area (Å²) in [6, 6.07) is 0. The zero-order valence-electron chi connectivity index (χ0n) is 8.76. The molecule has 1 heterocycles. The first-order valence-electron chi connectivity index (χ1n) is 4.95. The molecular weight excluding hydrogens is 194 g/mol. The van der Waals surface area contributed by atoms with Gasteiger partial charge in [-0.25, -0.2) is 4.98 Å². The fraction of sp³-hybridized carbons (Fsp3) is 0.500. The van der Waals surface area contributed by atoms with Gasteiger partial charge in [0.25, 0.3) is 5.91 Å². The van der Waals surface area contributed by atoms with Gasteiger partial charge in [-0.05, 0) is 13.3 Å². The minimum Gasteiger partial charge on any atom is -0.396 e. The van der Waals surface area contributed by atoms with Crippen molar-refractivity contribution in [2.24, 2.45) is 0 Å². The van der Waals surface area contributed by atoms with Crippen molar-refractivity contribution in [3.8, 4) is 0 Å². The van der Waals surface area contributed by atoms with Crippen LogP contribution >= 0.6 is 0 Å². The van der Waals surface area contributed by atoms with E-state index in [0.717, 1.165) is 0 Å². The lowest BCUT2D eigenvalue weighted by molar-refractivity contribution is 0.0748. The van der Waals surface area contributed by atoms with E-state index in [9.17, 15) is 4.79 Å². The summed E-state index contributed by atoms with van der Waals surface area (Å²) in [7, 11) is 0. The number of carbonyl (C=O) groups is 1. The Labute approximate surface area is 88.8 Å². The zero-order valence-corrected chi connectivity index (χ0v) is 8.76. The van der Waals surface area contributed by atoms with E-state index in [-0.39, 0.29) is 12.5 Å². The Bertz CT molecular complexity index is 303. The molecule has 0 radical (unpaired) electrons. The third-order valence-electron chi connectivity index (χ3n) is 2.04. The van der Waals surface area contributed by atoms with Crippen LogP contribution in [0.1, 0.15) is 23.8 Å². The van der Waals surface area contributed by atoms with Gasteiger partial charge in [-0.1, -0.05) is 0 Å². The predicted octanol–water partition coefficient (Wildman–Crippen LogP) is 0.321. The number of hydrogen-bond acceptors (Lipinski definition) is 4. The van der Waals surface area contributed by atoms with Gasteiger partial charge in [0.1, 0.15) is 5.69 Å². The van der Waals surface area contributed by atoms with E-state index in [0.29, 0.717) is 25.2 Å². The van der Waals surface area contributed by atoms with Gasteiger partial charge < -0.3 is 10.0 Å². The maximum absolute atomic E-state index is 11.8. The quantitative estimate of drug-likeness (QED) is 0.758. The van der Waals surface area contributed by atoms with E-state index in [1.807, 2.05) is 6.92 Å². The molecule has 0 aromatic carbocycles. The number of aliphatic hydroxyl groups excluding tert-OH is 1. The summed E-state index contributed by atoms with van der Waals surface area (Å²) in [6.45, 7) is 3.13. The van der Waals surface area contributed by atoms with Gasteiger partial charge in [-0.15, -0.1) is 0 Å². The predicted molar refractivity (Wildman–Crippen MR) is 55.3 cm³/mol. The van der Waals surface area contributed by atoms with Crippen molar-refractivity contribution in [1.29, 1.82) is 0 Å². The van der Waals surface area contributed by atoms with Crippen LogP contribution in [0.25, 0.3) is 0 Å². The highest BCUT2D eigenvalue weighted by molar-refractivity contribution is 5.91. The molecule has 0 saturated heterocycles. The van der Waals surface area contributed by atoms with Gasteiger partial charge in [0.15, 0.2) is 0 Å². The smallest absolute Gasteiger partial charge is 0.274 e. The first-order valence-corrected chi connectivity index (χ1v) is 4.95. The molecule has 5 heteroatoms. The Hall–Kier alpha value is -1.49. The van der Waals surface area contributed by atoms with E-state index in [2.05, 4.69) is 9.97 Å². The summed E-state index contributed by atoms with van der Waals surface area (Å²) in [4.78, 5) is 21.2. The van der Waals surface area contributed by atoms with Crippen LogP contribution in [0, 0.1) is 0 Å². The average molecular weight is 209 g/mol. The van der Waals surface area contributed by atoms with Crippen molar-refractivity contribution < 1.29 is 9.90 Å². The SMILES string of the molecule is CCN(CCCO)C(=O)c1cnccn1. The highest BCUT2D eigenvalue weighted by Gasteiger charge is 2.14. The molecule has 82 valence electrons. The molecule has 0 aliphatic heterocycles. The minimum absolute atomic E-state index is 0.0875. The average Bonchev–Trinajstić information content (AvgIpc) is 2.31. The summed E-state index contributed by atoms with van der Waals surface area (Å²) in [5.41, 5.74) is 0.345. The number of hydrogen-bond donors (Lipinski definition) is 1. The molecule has 0 atom stereocenters. The molecule has 0 aliphatic carbocycles. The van der Waals surface area contributed by atoms with Crippen LogP contribution in [-0.4, -0.2) is 45.6 Å². The normalized spacial score (nSPS) is 10.0. The van der Waals surface area contributed by atoms with Crippen LogP contribution in [0.4, 0.5) is 0 Å². The molecule has 15 heavy (non-hydrogen) atoms. The van der Waals surface area contributed by atoms with Gasteiger partial charge in [-0.2, -0.15) is 0 Å². The van der Waals surface area contributed by atoms with Crippen LogP contribution in [0.3, 0.4) is 0 Å². The molecule has 0 aliphatic rings. The fourth-order valence-electron chi connectivity index (χ4n) is 1.24. The molecule has 0 bridgehead atoms. The van der Waals surface area contributed by atoms with Gasteiger partial charge in [0.2, 0.25) is 0 Å². The van der Waals surface area contributed by atoms with Crippen LogP contribution in [0.15, 0.2) is 18.6 Å². The molecule has 1 rings (SSSR count). The lowest BCUT2D eigenvalue weighted by atomic mass is 10.3. The summed E-state index contributed by atoms with van der Waals surface area (Å²) < 4.78 is 0. The number of rotatable bonds is 5. The van der Waals surface area contributed by atoms with Gasteiger partial charge in [0.05, 0.1) is 6.20 Å².